The molecule has 1 aromatic heterocycles. The van der Waals surface area contributed by atoms with Gasteiger partial charge in [0.25, 0.3) is 5.91 Å². The first-order valence-corrected chi connectivity index (χ1v) is 10.7. The third kappa shape index (κ3) is 3.39. The quantitative estimate of drug-likeness (QED) is 0.708. The van der Waals surface area contributed by atoms with Crippen LogP contribution in [0.1, 0.15) is 16.1 Å². The summed E-state index contributed by atoms with van der Waals surface area (Å²) in [6.07, 6.45) is 0. The van der Waals surface area contributed by atoms with Crippen LogP contribution in [0.25, 0.3) is 10.9 Å². The van der Waals surface area contributed by atoms with Crippen molar-refractivity contribution in [1.29, 1.82) is 0 Å². The first-order valence-electron chi connectivity index (χ1n) is 8.86. The summed E-state index contributed by atoms with van der Waals surface area (Å²) in [5.74, 6) is -0.194. The first kappa shape index (κ1) is 18.9. The molecule has 1 amide bonds. The molecule has 0 bridgehead atoms. The van der Waals surface area contributed by atoms with E-state index in [-0.39, 0.29) is 23.9 Å². The number of hydrogen-bond acceptors (Lipinski definition) is 4. The lowest BCUT2D eigenvalue weighted by Gasteiger charge is -2.33. The van der Waals surface area contributed by atoms with Crippen molar-refractivity contribution in [2.45, 2.75) is 11.8 Å². The van der Waals surface area contributed by atoms with Crippen molar-refractivity contribution in [3.05, 3.63) is 58.7 Å². The fourth-order valence-electron chi connectivity index (χ4n) is 3.33. The molecule has 3 aromatic rings. The van der Waals surface area contributed by atoms with Gasteiger partial charge < -0.3 is 4.90 Å². The minimum absolute atomic E-state index is 0.194. The summed E-state index contributed by atoms with van der Waals surface area (Å²) in [6.45, 7) is 3.05. The van der Waals surface area contributed by atoms with Gasteiger partial charge in [-0.05, 0) is 43.3 Å². The van der Waals surface area contributed by atoms with Gasteiger partial charge in [-0.1, -0.05) is 23.2 Å². The van der Waals surface area contributed by atoms with Crippen molar-refractivity contribution >= 4 is 38.4 Å². The zero-order valence-electron chi connectivity index (χ0n) is 15.2. The largest absolute Gasteiger partial charge is 0.335 e. The lowest BCUT2D eigenvalue weighted by atomic mass is 10.1. The van der Waals surface area contributed by atoms with Crippen molar-refractivity contribution in [2.24, 2.45) is 0 Å². The van der Waals surface area contributed by atoms with Crippen LogP contribution >= 0.6 is 11.6 Å². The molecule has 1 fully saturated rings. The number of hydrogen-bond donors (Lipinski definition) is 1. The van der Waals surface area contributed by atoms with Gasteiger partial charge >= 0.3 is 0 Å². The summed E-state index contributed by atoms with van der Waals surface area (Å²) in [5, 5.41) is 8.32. The van der Waals surface area contributed by atoms with E-state index in [0.717, 1.165) is 16.5 Å². The van der Waals surface area contributed by atoms with Gasteiger partial charge in [-0.3, -0.25) is 9.89 Å². The van der Waals surface area contributed by atoms with Gasteiger partial charge in [0.1, 0.15) is 0 Å². The molecule has 1 saturated heterocycles. The SMILES string of the molecule is Cc1ccc2[nH]nc(C(=O)N3CCN(S(=O)(=O)c4ccc(Cl)cc4)CC3)c2c1. The van der Waals surface area contributed by atoms with Gasteiger partial charge in [0.15, 0.2) is 5.69 Å². The molecule has 2 heterocycles. The molecule has 146 valence electrons. The highest BCUT2D eigenvalue weighted by Crippen LogP contribution is 2.22. The molecule has 9 heteroatoms. The zero-order valence-corrected chi connectivity index (χ0v) is 16.8. The van der Waals surface area contributed by atoms with E-state index in [4.69, 9.17) is 11.6 Å². The van der Waals surface area contributed by atoms with Gasteiger partial charge in [0.2, 0.25) is 10.0 Å². The molecule has 1 aliphatic heterocycles. The fraction of sp³-hybridized carbons (Fsp3) is 0.263. The summed E-state index contributed by atoms with van der Waals surface area (Å²) in [4.78, 5) is 14.8. The highest BCUT2D eigenvalue weighted by molar-refractivity contribution is 7.89. The van der Waals surface area contributed by atoms with E-state index in [1.165, 1.54) is 16.4 Å². The van der Waals surface area contributed by atoms with Crippen LogP contribution in [0.15, 0.2) is 47.4 Å². The predicted octanol–water partition coefficient (Wildman–Crippen LogP) is 2.67. The van der Waals surface area contributed by atoms with Crippen LogP contribution in [0.2, 0.25) is 5.02 Å². The number of carbonyl (C=O) groups excluding carboxylic acids is 1. The average Bonchev–Trinajstić information content (AvgIpc) is 3.11. The predicted molar refractivity (Wildman–Crippen MR) is 107 cm³/mol. The number of aromatic amines is 1. The number of sulfonamides is 1. The molecule has 0 atom stereocenters. The molecule has 0 unspecified atom stereocenters. The number of halogens is 1. The number of aromatic nitrogens is 2. The van der Waals surface area contributed by atoms with E-state index in [9.17, 15) is 13.2 Å². The normalized spacial score (nSPS) is 15.9. The Hall–Kier alpha value is -2.42. The van der Waals surface area contributed by atoms with E-state index >= 15 is 0 Å². The van der Waals surface area contributed by atoms with Crippen LogP contribution in [-0.2, 0) is 10.0 Å². The highest BCUT2D eigenvalue weighted by atomic mass is 35.5. The van der Waals surface area contributed by atoms with Gasteiger partial charge in [0, 0.05) is 36.6 Å². The molecular weight excluding hydrogens is 400 g/mol. The Balaban J connectivity index is 1.50. The minimum Gasteiger partial charge on any atom is -0.335 e. The van der Waals surface area contributed by atoms with Gasteiger partial charge in [-0.2, -0.15) is 9.40 Å². The third-order valence-corrected chi connectivity index (χ3v) is 7.06. The van der Waals surface area contributed by atoms with Crippen LogP contribution in [-0.4, -0.2) is 59.9 Å². The van der Waals surface area contributed by atoms with E-state index in [1.54, 1.807) is 17.0 Å². The number of H-pyrrole nitrogens is 1. The zero-order chi connectivity index (χ0) is 19.9. The summed E-state index contributed by atoms with van der Waals surface area (Å²) >= 11 is 5.84. The molecule has 4 rings (SSSR count). The van der Waals surface area contributed by atoms with Crippen LogP contribution in [0.3, 0.4) is 0 Å². The Bertz CT molecular complexity index is 1130. The fourth-order valence-corrected chi connectivity index (χ4v) is 4.88. The Morgan fingerprint density at radius 1 is 1.07 bits per heavy atom. The van der Waals surface area contributed by atoms with Crippen LogP contribution < -0.4 is 0 Å². The number of rotatable bonds is 3. The summed E-state index contributed by atoms with van der Waals surface area (Å²) < 4.78 is 27.0. The van der Waals surface area contributed by atoms with Gasteiger partial charge in [-0.15, -0.1) is 0 Å². The second kappa shape index (κ2) is 7.20. The summed E-state index contributed by atoms with van der Waals surface area (Å²) in [5.41, 5.74) is 2.22. The second-order valence-corrected chi connectivity index (χ2v) is 9.15. The number of fused-ring (bicyclic) bond motifs is 1. The van der Waals surface area contributed by atoms with E-state index < -0.39 is 10.0 Å². The van der Waals surface area contributed by atoms with Gasteiger partial charge in [-0.25, -0.2) is 8.42 Å². The number of amides is 1. The monoisotopic (exact) mass is 418 g/mol. The van der Waals surface area contributed by atoms with Crippen LogP contribution in [0.5, 0.6) is 0 Å². The summed E-state index contributed by atoms with van der Waals surface area (Å²) in [7, 11) is -3.61. The molecule has 0 saturated carbocycles. The van der Waals surface area contributed by atoms with Crippen molar-refractivity contribution in [1.82, 2.24) is 19.4 Å². The number of piperazine rings is 1. The van der Waals surface area contributed by atoms with Crippen molar-refractivity contribution < 1.29 is 13.2 Å². The number of nitrogens with zero attached hydrogens (tertiary/aromatic N) is 3. The van der Waals surface area contributed by atoms with Crippen molar-refractivity contribution in [2.75, 3.05) is 26.2 Å². The van der Waals surface area contributed by atoms with Gasteiger partial charge in [0.05, 0.1) is 10.4 Å². The van der Waals surface area contributed by atoms with Crippen molar-refractivity contribution in [3.8, 4) is 0 Å². The molecule has 28 heavy (non-hydrogen) atoms. The standard InChI is InChI=1S/C19H19ClN4O3S/c1-13-2-7-17-16(12-13)18(22-21-17)19(25)23-8-10-24(11-9-23)28(26,27)15-5-3-14(20)4-6-15/h2-7,12H,8-11H2,1H3,(H,21,22). The van der Waals surface area contributed by atoms with Crippen LogP contribution in [0, 0.1) is 6.92 Å². The molecule has 1 aliphatic rings. The highest BCUT2D eigenvalue weighted by Gasteiger charge is 2.31. The maximum absolute atomic E-state index is 12.9. The van der Waals surface area contributed by atoms with E-state index in [0.29, 0.717) is 23.8 Å². The molecular formula is C19H19ClN4O3S. The number of carbonyl (C=O) groups is 1. The first-order chi connectivity index (χ1) is 13.4. The van der Waals surface area contributed by atoms with Crippen molar-refractivity contribution in [3.63, 3.8) is 0 Å². The summed E-state index contributed by atoms with van der Waals surface area (Å²) in [6, 6.07) is 11.9. The Labute approximate surface area is 167 Å². The molecule has 1 N–H and O–H groups in total. The third-order valence-electron chi connectivity index (χ3n) is 4.90. The van der Waals surface area contributed by atoms with Crippen LogP contribution in [0.4, 0.5) is 0 Å². The average molecular weight is 419 g/mol. The number of aryl methyl sites for hydroxylation is 1. The lowest BCUT2D eigenvalue weighted by Crippen LogP contribution is -2.50. The molecule has 0 radical (unpaired) electrons. The second-order valence-electron chi connectivity index (χ2n) is 6.77. The smallest absolute Gasteiger partial charge is 0.275 e. The maximum Gasteiger partial charge on any atom is 0.275 e. The Morgan fingerprint density at radius 3 is 2.43 bits per heavy atom. The lowest BCUT2D eigenvalue weighted by molar-refractivity contribution is 0.0694. The Morgan fingerprint density at radius 2 is 1.75 bits per heavy atom. The molecule has 0 aliphatic carbocycles. The van der Waals surface area contributed by atoms with E-state index in [2.05, 4.69) is 10.2 Å². The molecule has 0 spiro atoms. The maximum atomic E-state index is 12.9. The minimum atomic E-state index is -3.61. The molecule has 7 nitrogen and oxygen atoms in total. The topological polar surface area (TPSA) is 86.4 Å². The number of benzene rings is 2. The molecule has 2 aromatic carbocycles. The number of nitrogens with one attached hydrogen (secondary N) is 1. The van der Waals surface area contributed by atoms with E-state index in [1.807, 2.05) is 25.1 Å². The Kier molecular flexibility index (Phi) is 4.86.